The number of aliphatic hydroxyl groups is 1. The Balaban J connectivity index is 1.57. The summed E-state index contributed by atoms with van der Waals surface area (Å²) in [6, 6.07) is 7.95. The maximum atomic E-state index is 13.5. The van der Waals surface area contributed by atoms with Crippen molar-refractivity contribution in [2.75, 3.05) is 37.4 Å². The average molecular weight is 563 g/mol. The van der Waals surface area contributed by atoms with Crippen LogP contribution >= 0.6 is 0 Å². The van der Waals surface area contributed by atoms with E-state index in [1.165, 1.54) is 24.1 Å². The van der Waals surface area contributed by atoms with Crippen LogP contribution in [0.5, 0.6) is 5.75 Å². The Kier molecular flexibility index (Phi) is 8.57. The molecule has 0 spiro atoms. The molecule has 4 amide bonds. The third kappa shape index (κ3) is 6.67. The Labute approximate surface area is 230 Å². The van der Waals surface area contributed by atoms with Gasteiger partial charge in [-0.1, -0.05) is 13.0 Å². The molecule has 3 atom stereocenters. The lowest BCUT2D eigenvalue weighted by molar-refractivity contribution is -0.137. The lowest BCUT2D eigenvalue weighted by Crippen LogP contribution is -2.50. The van der Waals surface area contributed by atoms with Gasteiger partial charge in [0.05, 0.1) is 36.0 Å². The molecule has 9 nitrogen and oxygen atoms in total. The first-order valence-corrected chi connectivity index (χ1v) is 13.1. The van der Waals surface area contributed by atoms with Crippen LogP contribution in [0.15, 0.2) is 42.5 Å². The summed E-state index contributed by atoms with van der Waals surface area (Å²) in [7, 11) is 1.52. The van der Waals surface area contributed by atoms with Gasteiger partial charge in [0.15, 0.2) is 5.75 Å². The van der Waals surface area contributed by atoms with Crippen molar-refractivity contribution >= 4 is 29.2 Å². The van der Waals surface area contributed by atoms with Crippen LogP contribution in [0.2, 0.25) is 0 Å². The lowest BCUT2D eigenvalue weighted by Gasteiger charge is -2.38. The molecule has 1 heterocycles. The molecule has 12 heteroatoms. The monoisotopic (exact) mass is 562 g/mol. The Morgan fingerprint density at radius 1 is 1.15 bits per heavy atom. The van der Waals surface area contributed by atoms with Crippen LogP contribution in [0.1, 0.15) is 42.6 Å². The third-order valence-corrected chi connectivity index (χ3v) is 7.16. The zero-order valence-electron chi connectivity index (χ0n) is 22.5. The van der Waals surface area contributed by atoms with E-state index in [2.05, 4.69) is 10.6 Å². The minimum absolute atomic E-state index is 0.0630. The van der Waals surface area contributed by atoms with Crippen molar-refractivity contribution in [1.29, 1.82) is 0 Å². The number of amides is 4. The predicted molar refractivity (Wildman–Crippen MR) is 142 cm³/mol. The number of hydrogen-bond donors (Lipinski definition) is 3. The molecular formula is C28H33F3N4O5. The van der Waals surface area contributed by atoms with Gasteiger partial charge in [-0.15, -0.1) is 0 Å². The van der Waals surface area contributed by atoms with Crippen LogP contribution in [-0.4, -0.2) is 71.6 Å². The normalized spacial score (nSPS) is 20.0. The predicted octanol–water partition coefficient (Wildman–Crippen LogP) is 4.44. The van der Waals surface area contributed by atoms with E-state index in [9.17, 15) is 32.7 Å². The molecule has 0 bridgehead atoms. The zero-order chi connectivity index (χ0) is 29.2. The van der Waals surface area contributed by atoms with E-state index in [-0.39, 0.29) is 60.3 Å². The minimum atomic E-state index is -4.49. The SMILES string of the molecule is C[C@H]1CN([C@@H](C)CO)C(=O)c2cccc(NC(=O)C3CC3)c2O[C@H]1CN(C)C(=O)Nc1ccc(C(F)(F)F)cc1. The number of para-hydroxylation sites is 1. The van der Waals surface area contributed by atoms with Gasteiger partial charge in [-0.05, 0) is 56.2 Å². The minimum Gasteiger partial charge on any atom is -0.485 e. The summed E-state index contributed by atoms with van der Waals surface area (Å²) >= 11 is 0. The molecule has 4 rings (SSSR count). The van der Waals surface area contributed by atoms with Crippen LogP contribution in [0.25, 0.3) is 0 Å². The number of alkyl halides is 3. The second-order valence-electron chi connectivity index (χ2n) is 10.5. The molecule has 40 heavy (non-hydrogen) atoms. The largest absolute Gasteiger partial charge is 0.485 e. The highest BCUT2D eigenvalue weighted by Gasteiger charge is 2.36. The molecule has 0 aromatic heterocycles. The molecule has 1 saturated carbocycles. The number of carbonyl (C=O) groups is 3. The van der Waals surface area contributed by atoms with Crippen molar-refractivity contribution in [1.82, 2.24) is 9.80 Å². The maximum Gasteiger partial charge on any atom is 0.416 e. The molecule has 2 aliphatic rings. The first kappa shape index (κ1) is 29.2. The number of fused-ring (bicyclic) bond motifs is 1. The number of benzene rings is 2. The van der Waals surface area contributed by atoms with Crippen molar-refractivity contribution in [2.24, 2.45) is 11.8 Å². The Morgan fingerprint density at radius 3 is 2.42 bits per heavy atom. The van der Waals surface area contributed by atoms with E-state index in [1.807, 2.05) is 6.92 Å². The fraction of sp³-hybridized carbons (Fsp3) is 0.464. The van der Waals surface area contributed by atoms with Crippen molar-refractivity contribution in [2.45, 2.75) is 45.0 Å². The van der Waals surface area contributed by atoms with Gasteiger partial charge < -0.3 is 30.3 Å². The smallest absolute Gasteiger partial charge is 0.416 e. The van der Waals surface area contributed by atoms with Gasteiger partial charge in [0.1, 0.15) is 6.10 Å². The van der Waals surface area contributed by atoms with E-state index < -0.39 is 29.9 Å². The van der Waals surface area contributed by atoms with Crippen LogP contribution in [0, 0.1) is 11.8 Å². The Bertz CT molecular complexity index is 1250. The van der Waals surface area contributed by atoms with Gasteiger partial charge in [-0.3, -0.25) is 9.59 Å². The summed E-state index contributed by atoms with van der Waals surface area (Å²) in [4.78, 5) is 41.9. The fourth-order valence-electron chi connectivity index (χ4n) is 4.45. The molecule has 2 aromatic rings. The van der Waals surface area contributed by atoms with Crippen molar-refractivity contribution in [3.8, 4) is 5.75 Å². The summed E-state index contributed by atoms with van der Waals surface area (Å²) in [5, 5.41) is 15.3. The van der Waals surface area contributed by atoms with E-state index in [4.69, 9.17) is 4.74 Å². The first-order valence-electron chi connectivity index (χ1n) is 13.1. The number of anilines is 2. The number of rotatable bonds is 7. The molecule has 0 radical (unpaired) electrons. The number of urea groups is 1. The first-order chi connectivity index (χ1) is 18.9. The van der Waals surface area contributed by atoms with Gasteiger partial charge >= 0.3 is 12.2 Å². The van der Waals surface area contributed by atoms with Crippen LogP contribution < -0.4 is 15.4 Å². The van der Waals surface area contributed by atoms with Crippen LogP contribution in [0.4, 0.5) is 29.3 Å². The Morgan fingerprint density at radius 2 is 1.82 bits per heavy atom. The number of ether oxygens (including phenoxy) is 1. The van der Waals surface area contributed by atoms with Crippen molar-refractivity contribution in [3.63, 3.8) is 0 Å². The maximum absolute atomic E-state index is 13.5. The molecule has 1 aliphatic carbocycles. The second kappa shape index (κ2) is 11.7. The molecule has 1 fully saturated rings. The summed E-state index contributed by atoms with van der Waals surface area (Å²) in [6.45, 7) is 3.62. The summed E-state index contributed by atoms with van der Waals surface area (Å²) in [5.41, 5.74) is -0.0616. The quantitative estimate of drug-likeness (QED) is 0.462. The van der Waals surface area contributed by atoms with Gasteiger partial charge in [0.2, 0.25) is 5.91 Å². The summed E-state index contributed by atoms with van der Waals surface area (Å²) in [6.07, 6.45) is -3.54. The fourth-order valence-corrected chi connectivity index (χ4v) is 4.45. The topological polar surface area (TPSA) is 111 Å². The number of halogens is 3. The zero-order valence-corrected chi connectivity index (χ0v) is 22.5. The van der Waals surface area contributed by atoms with Gasteiger partial charge in [0, 0.05) is 31.1 Å². The van der Waals surface area contributed by atoms with Crippen molar-refractivity contribution in [3.05, 3.63) is 53.6 Å². The molecule has 3 N–H and O–H groups in total. The van der Waals surface area contributed by atoms with Crippen LogP contribution in [-0.2, 0) is 11.0 Å². The molecule has 2 aromatic carbocycles. The van der Waals surface area contributed by atoms with Crippen molar-refractivity contribution < 1.29 is 37.4 Å². The van der Waals surface area contributed by atoms with E-state index >= 15 is 0 Å². The number of nitrogens with zero attached hydrogens (tertiary/aromatic N) is 2. The van der Waals surface area contributed by atoms with E-state index in [1.54, 1.807) is 30.0 Å². The highest BCUT2D eigenvalue weighted by atomic mass is 19.4. The number of hydrogen-bond acceptors (Lipinski definition) is 5. The van der Waals surface area contributed by atoms with Crippen LogP contribution in [0.3, 0.4) is 0 Å². The number of nitrogens with one attached hydrogen (secondary N) is 2. The molecule has 0 unspecified atom stereocenters. The number of aliphatic hydroxyl groups excluding tert-OH is 1. The highest BCUT2D eigenvalue weighted by Crippen LogP contribution is 2.37. The molecular weight excluding hydrogens is 529 g/mol. The number of carbonyl (C=O) groups excluding carboxylic acids is 3. The lowest BCUT2D eigenvalue weighted by atomic mass is 9.99. The molecule has 0 saturated heterocycles. The van der Waals surface area contributed by atoms with Gasteiger partial charge in [-0.25, -0.2) is 4.79 Å². The second-order valence-corrected chi connectivity index (χ2v) is 10.5. The van der Waals surface area contributed by atoms with Gasteiger partial charge in [0.25, 0.3) is 5.91 Å². The molecule has 1 aliphatic heterocycles. The summed E-state index contributed by atoms with van der Waals surface area (Å²) < 4.78 is 45.0. The summed E-state index contributed by atoms with van der Waals surface area (Å²) in [5.74, 6) is -0.715. The number of likely N-dealkylation sites (N-methyl/N-ethyl adjacent to an activating group) is 1. The molecule has 216 valence electrons. The third-order valence-electron chi connectivity index (χ3n) is 7.16. The van der Waals surface area contributed by atoms with Gasteiger partial charge in [-0.2, -0.15) is 13.2 Å². The van der Waals surface area contributed by atoms with E-state index in [0.717, 1.165) is 25.0 Å². The highest BCUT2D eigenvalue weighted by molar-refractivity contribution is 6.02. The average Bonchev–Trinajstić information content (AvgIpc) is 3.76. The standard InChI is InChI=1S/C28H33F3N4O5/c1-16-13-35(17(2)15-36)26(38)21-5-4-6-22(33-25(37)18-7-8-18)24(21)40-23(16)14-34(3)27(39)32-20-11-9-19(10-12-20)28(29,30)31/h4-6,9-12,16-18,23,36H,7-8,13-15H2,1-3H3,(H,32,39)(H,33,37)/t16-,17-,23-/m0/s1. The van der Waals surface area contributed by atoms with E-state index in [0.29, 0.717) is 5.69 Å². The Hall–Kier alpha value is -3.80.